The van der Waals surface area contributed by atoms with E-state index in [0.717, 1.165) is 36.4 Å². The molecule has 22 heavy (non-hydrogen) atoms. The van der Waals surface area contributed by atoms with Crippen LogP contribution in [-0.2, 0) is 16.3 Å². The normalized spacial score (nSPS) is 12.2. The highest BCUT2D eigenvalue weighted by Crippen LogP contribution is 2.32. The zero-order chi connectivity index (χ0) is 16.5. The van der Waals surface area contributed by atoms with Gasteiger partial charge >= 0.3 is 16.3 Å². The van der Waals surface area contributed by atoms with Gasteiger partial charge in [-0.1, -0.05) is 6.07 Å². The molecule has 0 unspecified atom stereocenters. The Labute approximate surface area is 124 Å². The second-order valence-electron chi connectivity index (χ2n) is 4.47. The summed E-state index contributed by atoms with van der Waals surface area (Å²) < 4.78 is 79.5. The molecule has 2 rings (SSSR count). The van der Waals surface area contributed by atoms with Crippen molar-refractivity contribution in [2.75, 3.05) is 0 Å². The van der Waals surface area contributed by atoms with Crippen LogP contribution in [0.3, 0.4) is 0 Å². The van der Waals surface area contributed by atoms with Gasteiger partial charge in [-0.05, 0) is 48.9 Å². The van der Waals surface area contributed by atoms with Crippen molar-refractivity contribution in [3.8, 4) is 5.75 Å². The molecule has 0 atom stereocenters. The Kier molecular flexibility index (Phi) is 4.15. The number of rotatable bonds is 3. The van der Waals surface area contributed by atoms with E-state index in [-0.39, 0.29) is 10.5 Å². The Balaban J connectivity index is 2.35. The fraction of sp³-hybridized carbons (Fsp3) is 0.143. The highest BCUT2D eigenvalue weighted by molar-refractivity contribution is 7.87. The summed E-state index contributed by atoms with van der Waals surface area (Å²) in [5.74, 6) is -1.07. The van der Waals surface area contributed by atoms with Crippen LogP contribution in [0.1, 0.15) is 11.1 Å². The van der Waals surface area contributed by atoms with Crippen LogP contribution < -0.4 is 4.18 Å². The molecule has 0 aliphatic rings. The van der Waals surface area contributed by atoms with Crippen LogP contribution in [0.2, 0.25) is 0 Å². The number of alkyl halides is 3. The third kappa shape index (κ3) is 3.56. The first-order valence-corrected chi connectivity index (χ1v) is 7.38. The third-order valence-electron chi connectivity index (χ3n) is 2.79. The van der Waals surface area contributed by atoms with Crippen LogP contribution in [0.25, 0.3) is 0 Å². The summed E-state index contributed by atoms with van der Waals surface area (Å²) in [6, 6.07) is 6.45. The van der Waals surface area contributed by atoms with Gasteiger partial charge in [0.05, 0.1) is 5.56 Å². The van der Waals surface area contributed by atoms with Crippen LogP contribution in [0.4, 0.5) is 17.6 Å². The fourth-order valence-corrected chi connectivity index (χ4v) is 2.68. The van der Waals surface area contributed by atoms with Crippen molar-refractivity contribution >= 4 is 10.1 Å². The van der Waals surface area contributed by atoms with Crippen LogP contribution in [-0.4, -0.2) is 8.42 Å². The van der Waals surface area contributed by atoms with Gasteiger partial charge in [-0.2, -0.15) is 21.6 Å². The van der Waals surface area contributed by atoms with Gasteiger partial charge in [-0.15, -0.1) is 0 Å². The van der Waals surface area contributed by atoms with E-state index < -0.39 is 33.4 Å². The van der Waals surface area contributed by atoms with E-state index in [1.165, 1.54) is 6.92 Å². The molecular formula is C14H10F4O3S. The summed E-state index contributed by atoms with van der Waals surface area (Å²) in [5, 5.41) is 0. The number of aryl methyl sites for hydroxylation is 1. The van der Waals surface area contributed by atoms with E-state index in [9.17, 15) is 26.0 Å². The molecule has 0 saturated heterocycles. The molecule has 118 valence electrons. The maximum atomic E-state index is 13.1. The van der Waals surface area contributed by atoms with Crippen molar-refractivity contribution in [2.24, 2.45) is 0 Å². The van der Waals surface area contributed by atoms with Crippen LogP contribution >= 0.6 is 0 Å². The highest BCUT2D eigenvalue weighted by atomic mass is 32.2. The second-order valence-corrected chi connectivity index (χ2v) is 6.02. The molecular weight excluding hydrogens is 324 g/mol. The van der Waals surface area contributed by atoms with Gasteiger partial charge in [0, 0.05) is 0 Å². The molecule has 0 spiro atoms. The molecule has 2 aromatic rings. The topological polar surface area (TPSA) is 43.4 Å². The summed E-state index contributed by atoms with van der Waals surface area (Å²) in [5.41, 5.74) is -0.954. The summed E-state index contributed by atoms with van der Waals surface area (Å²) in [4.78, 5) is -0.344. The molecule has 0 aliphatic heterocycles. The number of hydrogen-bond donors (Lipinski definition) is 0. The molecule has 0 aromatic heterocycles. The summed E-state index contributed by atoms with van der Waals surface area (Å²) in [7, 11) is -4.35. The van der Waals surface area contributed by atoms with Crippen LogP contribution in [0, 0.1) is 12.7 Å². The van der Waals surface area contributed by atoms with Crippen molar-refractivity contribution in [2.45, 2.75) is 18.0 Å². The molecule has 0 aliphatic carbocycles. The molecule has 0 N–H and O–H groups in total. The Hall–Kier alpha value is -2.09. The van der Waals surface area contributed by atoms with Gasteiger partial charge in [0.25, 0.3) is 0 Å². The lowest BCUT2D eigenvalue weighted by atomic mass is 10.2. The lowest BCUT2D eigenvalue weighted by Crippen LogP contribution is -2.11. The van der Waals surface area contributed by atoms with Gasteiger partial charge in [0.2, 0.25) is 0 Å². The van der Waals surface area contributed by atoms with Crippen molar-refractivity contribution in [3.05, 3.63) is 59.4 Å². The van der Waals surface area contributed by atoms with Crippen LogP contribution in [0.5, 0.6) is 5.75 Å². The van der Waals surface area contributed by atoms with E-state index in [0.29, 0.717) is 6.07 Å². The lowest BCUT2D eigenvalue weighted by Gasteiger charge is -2.10. The maximum absolute atomic E-state index is 13.1. The zero-order valence-electron chi connectivity index (χ0n) is 11.2. The van der Waals surface area contributed by atoms with Crippen molar-refractivity contribution in [1.82, 2.24) is 0 Å². The van der Waals surface area contributed by atoms with E-state index in [2.05, 4.69) is 4.18 Å². The molecule has 0 saturated carbocycles. The average molecular weight is 334 g/mol. The maximum Gasteiger partial charge on any atom is 0.416 e. The first kappa shape index (κ1) is 16.3. The first-order valence-electron chi connectivity index (χ1n) is 5.97. The molecule has 3 nitrogen and oxygen atoms in total. The molecule has 0 amide bonds. The predicted molar refractivity (Wildman–Crippen MR) is 70.4 cm³/mol. The van der Waals surface area contributed by atoms with Crippen molar-refractivity contribution in [1.29, 1.82) is 0 Å². The first-order chi connectivity index (χ1) is 10.1. The van der Waals surface area contributed by atoms with Crippen LogP contribution in [0.15, 0.2) is 47.4 Å². The molecule has 2 aromatic carbocycles. The van der Waals surface area contributed by atoms with E-state index in [1.807, 2.05) is 0 Å². The predicted octanol–water partition coefficient (Wildman–Crippen LogP) is 3.92. The lowest BCUT2D eigenvalue weighted by molar-refractivity contribution is -0.137. The van der Waals surface area contributed by atoms with E-state index in [4.69, 9.17) is 0 Å². The zero-order valence-corrected chi connectivity index (χ0v) is 12.0. The van der Waals surface area contributed by atoms with Gasteiger partial charge in [0.1, 0.15) is 16.5 Å². The molecule has 0 radical (unpaired) electrons. The summed E-state index contributed by atoms with van der Waals surface area (Å²) in [6.45, 7) is 1.36. The van der Waals surface area contributed by atoms with E-state index >= 15 is 0 Å². The second kappa shape index (κ2) is 5.60. The van der Waals surface area contributed by atoms with Crippen molar-refractivity contribution < 1.29 is 30.2 Å². The van der Waals surface area contributed by atoms with Gasteiger partial charge in [0.15, 0.2) is 0 Å². The quantitative estimate of drug-likeness (QED) is 0.631. The largest absolute Gasteiger partial charge is 0.416 e. The SMILES string of the molecule is Cc1cc(S(=O)(=O)Oc2cccc(C(F)(F)F)c2)ccc1F. The minimum atomic E-state index is -4.62. The van der Waals surface area contributed by atoms with Gasteiger partial charge < -0.3 is 4.18 Å². The Morgan fingerprint density at radius 1 is 1.05 bits per heavy atom. The average Bonchev–Trinajstić information content (AvgIpc) is 2.40. The monoisotopic (exact) mass is 334 g/mol. The molecule has 8 heteroatoms. The molecule has 0 bridgehead atoms. The number of hydrogen-bond acceptors (Lipinski definition) is 3. The third-order valence-corrected chi connectivity index (χ3v) is 4.03. The fourth-order valence-electron chi connectivity index (χ4n) is 1.67. The Morgan fingerprint density at radius 2 is 1.73 bits per heavy atom. The minimum Gasteiger partial charge on any atom is -0.379 e. The smallest absolute Gasteiger partial charge is 0.379 e. The number of benzene rings is 2. The summed E-state index contributed by atoms with van der Waals surface area (Å²) in [6.07, 6.45) is -4.62. The van der Waals surface area contributed by atoms with Gasteiger partial charge in [-0.3, -0.25) is 0 Å². The Morgan fingerprint density at radius 3 is 2.32 bits per heavy atom. The van der Waals surface area contributed by atoms with Crippen molar-refractivity contribution in [3.63, 3.8) is 0 Å². The standard InChI is InChI=1S/C14H10F4O3S/c1-9-7-12(5-6-13(9)15)22(19,20)21-11-4-2-3-10(8-11)14(16,17)18/h2-8H,1H3. The van der Waals surface area contributed by atoms with E-state index in [1.54, 1.807) is 0 Å². The molecule has 0 heterocycles. The highest BCUT2D eigenvalue weighted by Gasteiger charge is 2.31. The summed E-state index contributed by atoms with van der Waals surface area (Å²) >= 11 is 0. The van der Waals surface area contributed by atoms with Gasteiger partial charge in [-0.25, -0.2) is 4.39 Å². The molecule has 0 fully saturated rings. The number of halogens is 4. The Bertz CT molecular complexity index is 798. The minimum absolute atomic E-state index is 0.0775.